The van der Waals surface area contributed by atoms with Crippen LogP contribution < -0.4 is 5.32 Å². The van der Waals surface area contributed by atoms with E-state index in [4.69, 9.17) is 4.74 Å². The van der Waals surface area contributed by atoms with E-state index in [1.165, 1.54) is 19.4 Å². The Morgan fingerprint density at radius 1 is 1.38 bits per heavy atom. The van der Waals surface area contributed by atoms with E-state index in [0.29, 0.717) is 6.10 Å². The molecule has 0 aromatic heterocycles. The van der Waals surface area contributed by atoms with Gasteiger partial charge in [0.05, 0.1) is 12.7 Å². The molecule has 1 atom stereocenters. The number of nitrogens with one attached hydrogen (secondary N) is 1. The molecule has 1 heterocycles. The smallest absolute Gasteiger partial charge is 0.0712 e. The van der Waals surface area contributed by atoms with Crippen LogP contribution in [-0.2, 0) is 4.74 Å². The number of rotatable bonds is 7. The van der Waals surface area contributed by atoms with E-state index in [1.54, 1.807) is 0 Å². The Morgan fingerprint density at radius 3 is 2.81 bits per heavy atom. The van der Waals surface area contributed by atoms with Crippen LogP contribution in [0.2, 0.25) is 0 Å². The zero-order valence-corrected chi connectivity index (χ0v) is 11.2. The summed E-state index contributed by atoms with van der Waals surface area (Å²) in [5.41, 5.74) is 0. The summed E-state index contributed by atoms with van der Waals surface area (Å²) in [7, 11) is 2.22. The van der Waals surface area contributed by atoms with Crippen molar-refractivity contribution in [3.05, 3.63) is 0 Å². The number of hydrogen-bond donors (Lipinski definition) is 1. The second-order valence-electron chi connectivity index (χ2n) is 5.32. The van der Waals surface area contributed by atoms with Gasteiger partial charge >= 0.3 is 0 Å². The Bertz CT molecular complexity index is 167. The summed E-state index contributed by atoms with van der Waals surface area (Å²) < 4.78 is 5.68. The molecule has 3 nitrogen and oxygen atoms in total. The molecule has 0 radical (unpaired) electrons. The van der Waals surface area contributed by atoms with E-state index in [9.17, 15) is 0 Å². The molecule has 0 aliphatic carbocycles. The van der Waals surface area contributed by atoms with Gasteiger partial charge in [0, 0.05) is 19.6 Å². The molecule has 0 saturated carbocycles. The van der Waals surface area contributed by atoms with Crippen molar-refractivity contribution < 1.29 is 4.74 Å². The fraction of sp³-hybridized carbons (Fsp3) is 1.00. The van der Waals surface area contributed by atoms with Gasteiger partial charge in [0.1, 0.15) is 0 Å². The van der Waals surface area contributed by atoms with Gasteiger partial charge < -0.3 is 15.0 Å². The summed E-state index contributed by atoms with van der Waals surface area (Å²) in [5, 5.41) is 3.37. The Hall–Kier alpha value is -0.120. The van der Waals surface area contributed by atoms with Crippen LogP contribution in [0.4, 0.5) is 0 Å². The molecule has 0 amide bonds. The highest BCUT2D eigenvalue weighted by Gasteiger charge is 2.13. The van der Waals surface area contributed by atoms with Crippen LogP contribution in [0.15, 0.2) is 0 Å². The molecule has 1 fully saturated rings. The summed E-state index contributed by atoms with van der Waals surface area (Å²) in [6.07, 6.45) is 4.25. The minimum Gasteiger partial charge on any atom is -0.376 e. The van der Waals surface area contributed by atoms with Crippen molar-refractivity contribution in [2.75, 3.05) is 39.8 Å². The molecule has 1 rings (SSSR count). The van der Waals surface area contributed by atoms with Crippen LogP contribution in [0.25, 0.3) is 0 Å². The zero-order chi connectivity index (χ0) is 11.8. The topological polar surface area (TPSA) is 24.5 Å². The minimum absolute atomic E-state index is 0.432. The maximum atomic E-state index is 5.68. The van der Waals surface area contributed by atoms with Crippen LogP contribution in [0, 0.1) is 5.92 Å². The van der Waals surface area contributed by atoms with Crippen LogP contribution in [-0.4, -0.2) is 50.8 Å². The lowest BCUT2D eigenvalue weighted by atomic mass is 10.1. The van der Waals surface area contributed by atoms with Crippen molar-refractivity contribution in [1.82, 2.24) is 10.2 Å². The Balaban J connectivity index is 1.98. The van der Waals surface area contributed by atoms with E-state index < -0.39 is 0 Å². The number of nitrogens with zero attached hydrogens (tertiary/aromatic N) is 1. The predicted molar refractivity (Wildman–Crippen MR) is 68.8 cm³/mol. The summed E-state index contributed by atoms with van der Waals surface area (Å²) in [6, 6.07) is 0. The maximum Gasteiger partial charge on any atom is 0.0712 e. The summed E-state index contributed by atoms with van der Waals surface area (Å²) >= 11 is 0. The van der Waals surface area contributed by atoms with Gasteiger partial charge in [-0.05, 0) is 38.8 Å². The van der Waals surface area contributed by atoms with E-state index >= 15 is 0 Å². The average Bonchev–Trinajstić information content (AvgIpc) is 2.27. The summed E-state index contributed by atoms with van der Waals surface area (Å²) in [5.74, 6) is 0.833. The molecule has 1 saturated heterocycles. The molecule has 3 heteroatoms. The van der Waals surface area contributed by atoms with Gasteiger partial charge in [-0.25, -0.2) is 0 Å². The van der Waals surface area contributed by atoms with Crippen LogP contribution >= 0.6 is 0 Å². The molecule has 1 N–H and O–H groups in total. The summed E-state index contributed by atoms with van der Waals surface area (Å²) in [6.45, 7) is 9.88. The van der Waals surface area contributed by atoms with Gasteiger partial charge in [-0.3, -0.25) is 0 Å². The number of hydrogen-bond acceptors (Lipinski definition) is 3. The molecule has 1 aliphatic heterocycles. The average molecular weight is 228 g/mol. The molecule has 96 valence electrons. The van der Waals surface area contributed by atoms with E-state index in [-0.39, 0.29) is 0 Å². The molecule has 0 spiro atoms. The van der Waals surface area contributed by atoms with E-state index in [1.807, 2.05) is 0 Å². The Labute approximate surface area is 101 Å². The lowest BCUT2D eigenvalue weighted by molar-refractivity contribution is 0.0187. The standard InChI is InChI=1S/C13H28N2O/c1-12(2)5-4-8-15(3)9-6-13-11-14-7-10-16-13/h12-14H,4-11H2,1-3H3. The molecule has 1 unspecified atom stereocenters. The Morgan fingerprint density at radius 2 is 2.19 bits per heavy atom. The molecule has 0 aromatic rings. The highest BCUT2D eigenvalue weighted by Crippen LogP contribution is 2.06. The van der Waals surface area contributed by atoms with Crippen molar-refractivity contribution in [1.29, 1.82) is 0 Å². The normalized spacial score (nSPS) is 21.9. The fourth-order valence-corrected chi connectivity index (χ4v) is 2.05. The van der Waals surface area contributed by atoms with Crippen molar-refractivity contribution in [3.8, 4) is 0 Å². The van der Waals surface area contributed by atoms with Crippen LogP contribution in [0.3, 0.4) is 0 Å². The predicted octanol–water partition coefficient (Wildman–Crippen LogP) is 1.73. The first kappa shape index (κ1) is 13.9. The second-order valence-corrected chi connectivity index (χ2v) is 5.32. The second kappa shape index (κ2) is 8.04. The molecule has 0 aromatic carbocycles. The van der Waals surface area contributed by atoms with Crippen LogP contribution in [0.5, 0.6) is 0 Å². The largest absolute Gasteiger partial charge is 0.376 e. The van der Waals surface area contributed by atoms with Gasteiger partial charge in [0.15, 0.2) is 0 Å². The van der Waals surface area contributed by atoms with Gasteiger partial charge in [-0.15, -0.1) is 0 Å². The zero-order valence-electron chi connectivity index (χ0n) is 11.2. The number of morpholine rings is 1. The van der Waals surface area contributed by atoms with Crippen molar-refractivity contribution in [2.45, 2.75) is 39.2 Å². The van der Waals surface area contributed by atoms with Gasteiger partial charge in [0.25, 0.3) is 0 Å². The third-order valence-electron chi connectivity index (χ3n) is 3.16. The third-order valence-corrected chi connectivity index (χ3v) is 3.16. The summed E-state index contributed by atoms with van der Waals surface area (Å²) in [4.78, 5) is 2.43. The van der Waals surface area contributed by atoms with Crippen LogP contribution in [0.1, 0.15) is 33.1 Å². The van der Waals surface area contributed by atoms with E-state index in [0.717, 1.165) is 38.6 Å². The fourth-order valence-electron chi connectivity index (χ4n) is 2.05. The molecular formula is C13H28N2O. The first-order valence-electron chi connectivity index (χ1n) is 6.69. The third kappa shape index (κ3) is 6.46. The van der Waals surface area contributed by atoms with Gasteiger partial charge in [0.2, 0.25) is 0 Å². The quantitative estimate of drug-likeness (QED) is 0.718. The van der Waals surface area contributed by atoms with Gasteiger partial charge in [-0.2, -0.15) is 0 Å². The van der Waals surface area contributed by atoms with Crippen molar-refractivity contribution in [3.63, 3.8) is 0 Å². The van der Waals surface area contributed by atoms with E-state index in [2.05, 4.69) is 31.1 Å². The molecule has 0 bridgehead atoms. The van der Waals surface area contributed by atoms with Crippen molar-refractivity contribution in [2.24, 2.45) is 5.92 Å². The molecule has 16 heavy (non-hydrogen) atoms. The first-order valence-corrected chi connectivity index (χ1v) is 6.69. The monoisotopic (exact) mass is 228 g/mol. The lowest BCUT2D eigenvalue weighted by Gasteiger charge is -2.26. The lowest BCUT2D eigenvalue weighted by Crippen LogP contribution is -2.40. The Kier molecular flexibility index (Phi) is 7.01. The molecular weight excluding hydrogens is 200 g/mol. The van der Waals surface area contributed by atoms with Crippen molar-refractivity contribution >= 4 is 0 Å². The van der Waals surface area contributed by atoms with Gasteiger partial charge in [-0.1, -0.05) is 13.8 Å². The SMILES string of the molecule is CC(C)CCCN(C)CCC1CNCCO1. The highest BCUT2D eigenvalue weighted by atomic mass is 16.5. The highest BCUT2D eigenvalue weighted by molar-refractivity contribution is 4.68. The minimum atomic E-state index is 0.432. The maximum absolute atomic E-state index is 5.68. The molecule has 1 aliphatic rings. The number of ether oxygens (including phenoxy) is 1. The first-order chi connectivity index (χ1) is 7.68.